The smallest absolute Gasteiger partial charge is 0.274 e. The summed E-state index contributed by atoms with van der Waals surface area (Å²) in [4.78, 5) is 35.2. The third-order valence-electron chi connectivity index (χ3n) is 4.08. The van der Waals surface area contributed by atoms with Gasteiger partial charge in [0.15, 0.2) is 0 Å². The summed E-state index contributed by atoms with van der Waals surface area (Å²) in [6.07, 6.45) is 2.60. The van der Waals surface area contributed by atoms with E-state index in [4.69, 9.17) is 0 Å². The quantitative estimate of drug-likeness (QED) is 0.902. The first kappa shape index (κ1) is 17.7. The van der Waals surface area contributed by atoms with Crippen molar-refractivity contribution in [3.05, 3.63) is 47.9 Å². The van der Waals surface area contributed by atoms with E-state index in [0.29, 0.717) is 26.2 Å². The summed E-state index contributed by atoms with van der Waals surface area (Å²) in [7, 11) is 0. The maximum absolute atomic E-state index is 13.6. The highest BCUT2D eigenvalue weighted by Gasteiger charge is 2.24. The number of nitrogens with zero attached hydrogens (tertiary/aromatic N) is 4. The summed E-state index contributed by atoms with van der Waals surface area (Å²) >= 11 is 0. The monoisotopic (exact) mass is 361 g/mol. The van der Waals surface area contributed by atoms with Crippen LogP contribution in [-0.4, -0.2) is 57.8 Å². The van der Waals surface area contributed by atoms with Crippen LogP contribution in [0.4, 0.5) is 20.3 Å². The van der Waals surface area contributed by atoms with E-state index in [0.717, 1.165) is 12.1 Å². The molecule has 1 aromatic carbocycles. The summed E-state index contributed by atoms with van der Waals surface area (Å²) in [6.45, 7) is 3.33. The normalized spacial score (nSPS) is 14.3. The standard InChI is InChI=1S/C17H17F2N5O2/c1-11(25)23-4-6-24(7-5-23)17(26)15-9-21-16(10-20-15)22-14-3-2-12(18)8-13(14)19/h2-3,8-10H,4-7H2,1H3,(H,21,22). The highest BCUT2D eigenvalue weighted by molar-refractivity contribution is 5.92. The lowest BCUT2D eigenvalue weighted by molar-refractivity contribution is -0.130. The number of halogens is 2. The fraction of sp³-hybridized carbons (Fsp3) is 0.294. The molecule has 0 radical (unpaired) electrons. The minimum atomic E-state index is -0.754. The fourth-order valence-corrected chi connectivity index (χ4v) is 2.62. The molecule has 0 unspecified atom stereocenters. The molecule has 7 nitrogen and oxygen atoms in total. The first-order chi connectivity index (χ1) is 12.4. The lowest BCUT2D eigenvalue weighted by Gasteiger charge is -2.33. The second kappa shape index (κ2) is 7.42. The summed E-state index contributed by atoms with van der Waals surface area (Å²) in [5.41, 5.74) is 0.214. The number of benzene rings is 1. The third kappa shape index (κ3) is 3.93. The molecule has 2 amide bonds. The van der Waals surface area contributed by atoms with E-state index in [1.165, 1.54) is 25.4 Å². The molecule has 1 aromatic heterocycles. The summed E-state index contributed by atoms with van der Waals surface area (Å²) < 4.78 is 26.5. The van der Waals surface area contributed by atoms with Crippen molar-refractivity contribution < 1.29 is 18.4 Å². The minimum absolute atomic E-state index is 0.0136. The van der Waals surface area contributed by atoms with Gasteiger partial charge in [-0.25, -0.2) is 18.7 Å². The Morgan fingerprint density at radius 3 is 2.31 bits per heavy atom. The van der Waals surface area contributed by atoms with Gasteiger partial charge in [0.05, 0.1) is 18.1 Å². The molecule has 0 atom stereocenters. The molecule has 9 heteroatoms. The van der Waals surface area contributed by atoms with Crippen LogP contribution in [0.2, 0.25) is 0 Å². The van der Waals surface area contributed by atoms with Gasteiger partial charge in [0.25, 0.3) is 5.91 Å². The lowest BCUT2D eigenvalue weighted by Crippen LogP contribution is -2.50. The van der Waals surface area contributed by atoms with Crippen LogP contribution in [0, 0.1) is 11.6 Å². The van der Waals surface area contributed by atoms with Crippen molar-refractivity contribution in [1.82, 2.24) is 19.8 Å². The van der Waals surface area contributed by atoms with Gasteiger partial charge in [0, 0.05) is 39.2 Å². The van der Waals surface area contributed by atoms with Crippen LogP contribution in [0.5, 0.6) is 0 Å². The first-order valence-electron chi connectivity index (χ1n) is 8.03. The lowest BCUT2D eigenvalue weighted by atomic mass is 10.2. The van der Waals surface area contributed by atoms with Crippen LogP contribution in [0.15, 0.2) is 30.6 Å². The zero-order valence-electron chi connectivity index (χ0n) is 14.1. The van der Waals surface area contributed by atoms with Crippen LogP contribution in [0.1, 0.15) is 17.4 Å². The predicted octanol–water partition coefficient (Wildman–Crippen LogP) is 1.80. The van der Waals surface area contributed by atoms with E-state index in [-0.39, 0.29) is 29.0 Å². The number of anilines is 2. The second-order valence-electron chi connectivity index (χ2n) is 5.83. The summed E-state index contributed by atoms with van der Waals surface area (Å²) in [5, 5.41) is 2.68. The van der Waals surface area contributed by atoms with Gasteiger partial charge in [0.2, 0.25) is 5.91 Å². The highest BCUT2D eigenvalue weighted by atomic mass is 19.1. The SMILES string of the molecule is CC(=O)N1CCN(C(=O)c2cnc(Nc3ccc(F)cc3F)cn2)CC1. The van der Waals surface area contributed by atoms with Crippen molar-refractivity contribution >= 4 is 23.3 Å². The number of carbonyl (C=O) groups excluding carboxylic acids is 2. The van der Waals surface area contributed by atoms with Crippen molar-refractivity contribution in [2.45, 2.75) is 6.92 Å². The molecule has 2 heterocycles. The van der Waals surface area contributed by atoms with Crippen LogP contribution in [0.25, 0.3) is 0 Å². The van der Waals surface area contributed by atoms with Crippen LogP contribution >= 0.6 is 0 Å². The fourth-order valence-electron chi connectivity index (χ4n) is 2.62. The Labute approximate surface area is 148 Å². The molecule has 3 rings (SSSR count). The van der Waals surface area contributed by atoms with Crippen molar-refractivity contribution in [1.29, 1.82) is 0 Å². The average molecular weight is 361 g/mol. The van der Waals surface area contributed by atoms with Gasteiger partial charge in [-0.05, 0) is 12.1 Å². The molecule has 1 aliphatic heterocycles. The Hall–Kier alpha value is -3.10. The molecule has 136 valence electrons. The third-order valence-corrected chi connectivity index (χ3v) is 4.08. The Morgan fingerprint density at radius 2 is 1.73 bits per heavy atom. The highest BCUT2D eigenvalue weighted by Crippen LogP contribution is 2.19. The van der Waals surface area contributed by atoms with Gasteiger partial charge in [-0.3, -0.25) is 9.59 Å². The van der Waals surface area contributed by atoms with E-state index >= 15 is 0 Å². The van der Waals surface area contributed by atoms with Crippen molar-refractivity contribution in [2.24, 2.45) is 0 Å². The molecule has 2 aromatic rings. The second-order valence-corrected chi connectivity index (χ2v) is 5.83. The number of piperazine rings is 1. The van der Waals surface area contributed by atoms with E-state index in [2.05, 4.69) is 15.3 Å². The van der Waals surface area contributed by atoms with Crippen molar-refractivity contribution in [3.8, 4) is 0 Å². The Kier molecular flexibility index (Phi) is 5.06. The van der Waals surface area contributed by atoms with Crippen molar-refractivity contribution in [3.63, 3.8) is 0 Å². The zero-order chi connectivity index (χ0) is 18.7. The molecule has 26 heavy (non-hydrogen) atoms. The molecule has 1 fully saturated rings. The van der Waals surface area contributed by atoms with Gasteiger partial charge in [-0.2, -0.15) is 0 Å². The summed E-state index contributed by atoms with van der Waals surface area (Å²) in [5.74, 6) is -1.49. The minimum Gasteiger partial charge on any atom is -0.339 e. The van der Waals surface area contributed by atoms with E-state index < -0.39 is 11.6 Å². The average Bonchev–Trinajstić information content (AvgIpc) is 2.64. The molecular formula is C17H17F2N5O2. The van der Waals surface area contributed by atoms with Gasteiger partial charge in [-0.15, -0.1) is 0 Å². The van der Waals surface area contributed by atoms with Crippen LogP contribution < -0.4 is 5.32 Å². The van der Waals surface area contributed by atoms with Gasteiger partial charge in [-0.1, -0.05) is 0 Å². The van der Waals surface area contributed by atoms with E-state index in [1.54, 1.807) is 9.80 Å². The maximum Gasteiger partial charge on any atom is 0.274 e. The Morgan fingerprint density at radius 1 is 1.04 bits per heavy atom. The molecule has 1 N–H and O–H groups in total. The molecule has 1 saturated heterocycles. The number of nitrogens with one attached hydrogen (secondary N) is 1. The number of hydrogen-bond acceptors (Lipinski definition) is 5. The van der Waals surface area contributed by atoms with Gasteiger partial charge < -0.3 is 15.1 Å². The molecule has 0 bridgehead atoms. The van der Waals surface area contributed by atoms with Crippen LogP contribution in [-0.2, 0) is 4.79 Å². The largest absolute Gasteiger partial charge is 0.339 e. The van der Waals surface area contributed by atoms with Crippen molar-refractivity contribution in [2.75, 3.05) is 31.5 Å². The molecule has 1 aliphatic rings. The zero-order valence-corrected chi connectivity index (χ0v) is 14.1. The van der Waals surface area contributed by atoms with Gasteiger partial charge in [0.1, 0.15) is 23.1 Å². The molecule has 0 aliphatic carbocycles. The molecule has 0 spiro atoms. The number of aromatic nitrogens is 2. The topological polar surface area (TPSA) is 78.4 Å². The maximum atomic E-state index is 13.6. The Balaban J connectivity index is 1.64. The molecule has 0 saturated carbocycles. The Bertz CT molecular complexity index is 820. The van der Waals surface area contributed by atoms with Crippen LogP contribution in [0.3, 0.4) is 0 Å². The molecular weight excluding hydrogens is 344 g/mol. The number of carbonyl (C=O) groups is 2. The number of amides is 2. The van der Waals surface area contributed by atoms with Gasteiger partial charge >= 0.3 is 0 Å². The number of hydrogen-bond donors (Lipinski definition) is 1. The first-order valence-corrected chi connectivity index (χ1v) is 8.03. The van der Waals surface area contributed by atoms with E-state index in [1.807, 2.05) is 0 Å². The van der Waals surface area contributed by atoms with E-state index in [9.17, 15) is 18.4 Å². The summed E-state index contributed by atoms with van der Waals surface area (Å²) in [6, 6.07) is 3.13. The number of rotatable bonds is 3. The predicted molar refractivity (Wildman–Crippen MR) is 89.8 cm³/mol.